The maximum absolute atomic E-state index is 13.1. The highest BCUT2D eigenvalue weighted by Crippen LogP contribution is 2.37. The van der Waals surface area contributed by atoms with Crippen LogP contribution in [0.5, 0.6) is 0 Å². The number of benzene rings is 2. The highest BCUT2D eigenvalue weighted by Gasteiger charge is 2.30. The Labute approximate surface area is 188 Å². The highest BCUT2D eigenvalue weighted by atomic mass is 19.4. The molecule has 0 saturated heterocycles. The fourth-order valence-electron chi connectivity index (χ4n) is 4.34. The second-order valence-corrected chi connectivity index (χ2v) is 8.16. The molecule has 0 fully saturated rings. The van der Waals surface area contributed by atoms with Gasteiger partial charge in [-0.3, -0.25) is 4.68 Å². The van der Waals surface area contributed by atoms with E-state index in [1.54, 1.807) is 4.68 Å². The van der Waals surface area contributed by atoms with E-state index in [0.29, 0.717) is 17.1 Å². The Bertz CT molecular complexity index is 1480. The van der Waals surface area contributed by atoms with Gasteiger partial charge in [0, 0.05) is 34.8 Å². The van der Waals surface area contributed by atoms with Gasteiger partial charge >= 0.3 is 6.18 Å². The van der Waals surface area contributed by atoms with Gasteiger partial charge in [0.2, 0.25) is 0 Å². The van der Waals surface area contributed by atoms with Crippen molar-refractivity contribution in [2.24, 2.45) is 7.05 Å². The van der Waals surface area contributed by atoms with Gasteiger partial charge in [-0.2, -0.15) is 18.3 Å². The fraction of sp³-hybridized carbons (Fsp3) is 0.240. The minimum Gasteiger partial charge on any atom is -0.358 e. The average molecular weight is 449 g/mol. The molecule has 0 radical (unpaired) electrons. The van der Waals surface area contributed by atoms with Crippen molar-refractivity contribution in [2.75, 3.05) is 0 Å². The smallest absolute Gasteiger partial charge is 0.358 e. The van der Waals surface area contributed by atoms with Crippen molar-refractivity contribution < 1.29 is 13.2 Å². The van der Waals surface area contributed by atoms with Crippen LogP contribution in [-0.4, -0.2) is 24.7 Å². The van der Waals surface area contributed by atoms with Crippen molar-refractivity contribution in [2.45, 2.75) is 32.9 Å². The zero-order chi connectivity index (χ0) is 23.3. The number of fused-ring (bicyclic) bond motifs is 2. The molecule has 3 heterocycles. The summed E-state index contributed by atoms with van der Waals surface area (Å²) in [6, 6.07) is 13.0. The van der Waals surface area contributed by atoms with Crippen molar-refractivity contribution >= 4 is 21.9 Å². The SMILES string of the molecule is CCCc1nn(C)c2c(-c3c(C)[nH]c4ccccc34)nc(-c3ccc(C(F)(F)F)cc3)nc12. The van der Waals surface area contributed by atoms with E-state index >= 15 is 0 Å². The number of para-hydroxylation sites is 1. The lowest BCUT2D eigenvalue weighted by Gasteiger charge is -2.10. The number of aromatic amines is 1. The molecule has 2 aromatic carbocycles. The number of alkyl halides is 3. The van der Waals surface area contributed by atoms with Crippen LogP contribution >= 0.6 is 0 Å². The molecule has 0 saturated carbocycles. The maximum Gasteiger partial charge on any atom is 0.416 e. The predicted octanol–water partition coefficient (Wildman–Crippen LogP) is 6.46. The average Bonchev–Trinajstić information content (AvgIpc) is 3.29. The topological polar surface area (TPSA) is 59.4 Å². The van der Waals surface area contributed by atoms with Crippen LogP contribution < -0.4 is 0 Å². The molecule has 0 bridgehead atoms. The van der Waals surface area contributed by atoms with E-state index in [-0.39, 0.29) is 0 Å². The lowest BCUT2D eigenvalue weighted by Crippen LogP contribution is -2.04. The van der Waals surface area contributed by atoms with Gasteiger partial charge in [-0.15, -0.1) is 0 Å². The van der Waals surface area contributed by atoms with E-state index in [2.05, 4.69) is 11.9 Å². The summed E-state index contributed by atoms with van der Waals surface area (Å²) in [4.78, 5) is 13.1. The van der Waals surface area contributed by atoms with Gasteiger partial charge in [-0.25, -0.2) is 9.97 Å². The first-order chi connectivity index (χ1) is 15.8. The number of nitrogens with zero attached hydrogens (tertiary/aromatic N) is 4. The zero-order valence-electron chi connectivity index (χ0n) is 18.5. The second-order valence-electron chi connectivity index (χ2n) is 8.16. The number of rotatable bonds is 4. The van der Waals surface area contributed by atoms with E-state index in [1.165, 1.54) is 12.1 Å². The summed E-state index contributed by atoms with van der Waals surface area (Å²) in [6.45, 7) is 4.06. The summed E-state index contributed by atoms with van der Waals surface area (Å²) in [5, 5.41) is 5.72. The first kappa shape index (κ1) is 21.2. The van der Waals surface area contributed by atoms with Crippen LogP contribution in [0.15, 0.2) is 48.5 Å². The van der Waals surface area contributed by atoms with Crippen LogP contribution in [0.3, 0.4) is 0 Å². The molecule has 3 aromatic heterocycles. The van der Waals surface area contributed by atoms with Crippen molar-refractivity contribution in [1.29, 1.82) is 0 Å². The van der Waals surface area contributed by atoms with Crippen molar-refractivity contribution in [3.63, 3.8) is 0 Å². The van der Waals surface area contributed by atoms with Crippen LogP contribution in [-0.2, 0) is 19.6 Å². The Balaban J connectivity index is 1.81. The third-order valence-corrected chi connectivity index (χ3v) is 5.84. The Kier molecular flexibility index (Phi) is 4.96. The monoisotopic (exact) mass is 449 g/mol. The largest absolute Gasteiger partial charge is 0.416 e. The summed E-state index contributed by atoms with van der Waals surface area (Å²) in [6.07, 6.45) is -2.76. The zero-order valence-corrected chi connectivity index (χ0v) is 18.5. The third-order valence-electron chi connectivity index (χ3n) is 5.84. The predicted molar refractivity (Wildman–Crippen MR) is 123 cm³/mol. The molecular weight excluding hydrogens is 427 g/mol. The van der Waals surface area contributed by atoms with Crippen LogP contribution in [0.1, 0.15) is 30.3 Å². The number of H-pyrrole nitrogens is 1. The molecular formula is C25H22F3N5. The number of nitrogens with one attached hydrogen (secondary N) is 1. The number of halogens is 3. The van der Waals surface area contributed by atoms with Gasteiger partial charge in [0.1, 0.15) is 16.7 Å². The molecule has 5 aromatic rings. The molecule has 0 amide bonds. The standard InChI is InChI=1S/C25H22F3N5/c1-4-7-19-21-23(33(3)32-19)22(20-14(2)29-18-9-6-5-8-17(18)20)31-24(30-21)15-10-12-16(13-11-15)25(26,27)28/h5-6,8-13,29H,4,7H2,1-3H3. The fourth-order valence-corrected chi connectivity index (χ4v) is 4.34. The van der Waals surface area contributed by atoms with E-state index < -0.39 is 11.7 Å². The lowest BCUT2D eigenvalue weighted by molar-refractivity contribution is -0.137. The number of hydrogen-bond acceptors (Lipinski definition) is 3. The molecule has 8 heteroatoms. The van der Waals surface area contributed by atoms with Gasteiger partial charge < -0.3 is 4.98 Å². The molecule has 0 spiro atoms. The Morgan fingerprint density at radius 2 is 1.73 bits per heavy atom. The minimum absolute atomic E-state index is 0.376. The minimum atomic E-state index is -4.40. The summed E-state index contributed by atoms with van der Waals surface area (Å²) in [5.74, 6) is 0.376. The van der Waals surface area contributed by atoms with Gasteiger partial charge in [0.15, 0.2) is 5.82 Å². The van der Waals surface area contributed by atoms with E-state index in [1.807, 2.05) is 38.2 Å². The molecule has 33 heavy (non-hydrogen) atoms. The molecule has 0 unspecified atom stereocenters. The molecule has 1 N–H and O–H groups in total. The van der Waals surface area contributed by atoms with E-state index in [9.17, 15) is 13.2 Å². The second kappa shape index (κ2) is 7.72. The normalized spacial score (nSPS) is 12.2. The molecule has 0 aliphatic rings. The van der Waals surface area contributed by atoms with Crippen molar-refractivity contribution in [3.8, 4) is 22.6 Å². The molecule has 0 aliphatic carbocycles. The van der Waals surface area contributed by atoms with Gasteiger partial charge in [-0.1, -0.05) is 43.7 Å². The quantitative estimate of drug-likeness (QED) is 0.343. The molecule has 5 nitrogen and oxygen atoms in total. The first-order valence-electron chi connectivity index (χ1n) is 10.8. The Morgan fingerprint density at radius 3 is 2.42 bits per heavy atom. The molecule has 168 valence electrons. The molecule has 0 aliphatic heterocycles. The Morgan fingerprint density at radius 1 is 1.00 bits per heavy atom. The van der Waals surface area contributed by atoms with Crippen LogP contribution in [0.25, 0.3) is 44.6 Å². The van der Waals surface area contributed by atoms with Crippen LogP contribution in [0.2, 0.25) is 0 Å². The van der Waals surface area contributed by atoms with Crippen LogP contribution in [0.4, 0.5) is 13.2 Å². The highest BCUT2D eigenvalue weighted by molar-refractivity contribution is 6.03. The summed E-state index contributed by atoms with van der Waals surface area (Å²) < 4.78 is 41.0. The molecule has 5 rings (SSSR count). The maximum atomic E-state index is 13.1. The number of hydrogen-bond donors (Lipinski definition) is 1. The summed E-state index contributed by atoms with van der Waals surface area (Å²) >= 11 is 0. The van der Waals surface area contributed by atoms with Gasteiger partial charge in [-0.05, 0) is 31.5 Å². The summed E-state index contributed by atoms with van der Waals surface area (Å²) in [5.41, 5.74) is 5.80. The van der Waals surface area contributed by atoms with Crippen molar-refractivity contribution in [3.05, 3.63) is 65.5 Å². The van der Waals surface area contributed by atoms with Gasteiger partial charge in [0.25, 0.3) is 0 Å². The van der Waals surface area contributed by atoms with E-state index in [4.69, 9.17) is 15.1 Å². The molecule has 0 atom stereocenters. The Hall–Kier alpha value is -3.68. The van der Waals surface area contributed by atoms with Gasteiger partial charge in [0.05, 0.1) is 11.3 Å². The number of aromatic nitrogens is 5. The third kappa shape index (κ3) is 3.55. The number of aryl methyl sites for hydroxylation is 3. The van der Waals surface area contributed by atoms with E-state index in [0.717, 1.165) is 63.9 Å². The first-order valence-corrected chi connectivity index (χ1v) is 10.8. The summed E-state index contributed by atoms with van der Waals surface area (Å²) in [7, 11) is 1.87. The van der Waals surface area contributed by atoms with Crippen molar-refractivity contribution in [1.82, 2.24) is 24.7 Å². The lowest BCUT2D eigenvalue weighted by atomic mass is 10.0. The van der Waals surface area contributed by atoms with Crippen LogP contribution in [0, 0.1) is 6.92 Å².